The molecule has 2 N–H and O–H groups in total. The molecule has 0 radical (unpaired) electrons. The van der Waals surface area contributed by atoms with Crippen molar-refractivity contribution in [1.82, 2.24) is 10.2 Å². The third kappa shape index (κ3) is 3.45. The lowest BCUT2D eigenvalue weighted by atomic mass is 9.93. The van der Waals surface area contributed by atoms with Gasteiger partial charge in [0.25, 0.3) is 0 Å². The van der Waals surface area contributed by atoms with Crippen LogP contribution in [0.1, 0.15) is 40.5 Å². The molecule has 0 aliphatic carbocycles. The lowest BCUT2D eigenvalue weighted by Gasteiger charge is -2.42. The van der Waals surface area contributed by atoms with E-state index >= 15 is 0 Å². The zero-order valence-electron chi connectivity index (χ0n) is 11.7. The maximum atomic E-state index is 12.2. The van der Waals surface area contributed by atoms with Gasteiger partial charge < -0.3 is 10.4 Å². The van der Waals surface area contributed by atoms with Crippen LogP contribution in [0.5, 0.6) is 0 Å². The molecule has 1 heterocycles. The summed E-state index contributed by atoms with van der Waals surface area (Å²) in [5, 5.41) is 11.4. The van der Waals surface area contributed by atoms with E-state index < -0.39 is 17.6 Å². The summed E-state index contributed by atoms with van der Waals surface area (Å²) in [5.41, 5.74) is -0.654. The number of piperidine rings is 1. The molecule has 104 valence electrons. The number of carbonyl (C=O) groups excluding carboxylic acids is 1. The number of aliphatic carboxylic acids is 1. The van der Waals surface area contributed by atoms with Crippen molar-refractivity contribution in [3.8, 4) is 0 Å². The zero-order chi connectivity index (χ0) is 13.9. The first-order valence-electron chi connectivity index (χ1n) is 6.54. The third-order valence-electron chi connectivity index (χ3n) is 3.72. The Morgan fingerprint density at radius 2 is 2.06 bits per heavy atom. The fourth-order valence-electron chi connectivity index (χ4n) is 2.28. The summed E-state index contributed by atoms with van der Waals surface area (Å²) in [7, 11) is 0. The quantitative estimate of drug-likeness (QED) is 0.790. The van der Waals surface area contributed by atoms with Crippen molar-refractivity contribution in [2.24, 2.45) is 5.92 Å². The molecule has 2 unspecified atom stereocenters. The average Bonchev–Trinajstić information content (AvgIpc) is 2.28. The fourth-order valence-corrected chi connectivity index (χ4v) is 2.28. The van der Waals surface area contributed by atoms with Crippen LogP contribution < -0.4 is 5.32 Å². The fraction of sp³-hybridized carbons (Fsp3) is 0.846. The molecule has 0 bridgehead atoms. The number of hydrogen-bond acceptors (Lipinski definition) is 3. The van der Waals surface area contributed by atoms with Crippen LogP contribution in [0.4, 0.5) is 0 Å². The maximum Gasteiger partial charge on any atom is 0.325 e. The van der Waals surface area contributed by atoms with Gasteiger partial charge in [0.1, 0.15) is 6.04 Å². The van der Waals surface area contributed by atoms with E-state index in [1.54, 1.807) is 0 Å². The summed E-state index contributed by atoms with van der Waals surface area (Å²) >= 11 is 0. The first-order valence-corrected chi connectivity index (χ1v) is 6.54. The number of carboxylic acid groups (broad SMARTS) is 1. The molecule has 5 nitrogen and oxygen atoms in total. The van der Waals surface area contributed by atoms with E-state index in [4.69, 9.17) is 5.11 Å². The van der Waals surface area contributed by atoms with Crippen LogP contribution in [0.3, 0.4) is 0 Å². The monoisotopic (exact) mass is 256 g/mol. The van der Waals surface area contributed by atoms with Gasteiger partial charge in [0.15, 0.2) is 0 Å². The SMILES string of the molecule is CC1CCCN(C(C)(C)C(=O)NC(C)C(=O)O)C1. The minimum atomic E-state index is -1.01. The van der Waals surface area contributed by atoms with Crippen LogP contribution in [0.25, 0.3) is 0 Å². The Morgan fingerprint density at radius 3 is 2.56 bits per heavy atom. The highest BCUT2D eigenvalue weighted by Gasteiger charge is 2.37. The van der Waals surface area contributed by atoms with Crippen molar-refractivity contribution in [3.05, 3.63) is 0 Å². The highest BCUT2D eigenvalue weighted by Crippen LogP contribution is 2.24. The van der Waals surface area contributed by atoms with Gasteiger partial charge in [0.2, 0.25) is 5.91 Å². The lowest BCUT2D eigenvalue weighted by Crippen LogP contribution is -2.59. The predicted molar refractivity (Wildman–Crippen MR) is 69.3 cm³/mol. The molecule has 1 fully saturated rings. The molecule has 1 rings (SSSR count). The molecule has 2 atom stereocenters. The molecule has 1 amide bonds. The molecular weight excluding hydrogens is 232 g/mol. The smallest absolute Gasteiger partial charge is 0.325 e. The standard InChI is InChI=1S/C13H24N2O3/c1-9-6-5-7-15(8-9)13(3,4)12(18)14-10(2)11(16)17/h9-10H,5-8H2,1-4H3,(H,14,18)(H,16,17). The Morgan fingerprint density at radius 1 is 1.44 bits per heavy atom. The molecule has 5 heteroatoms. The molecule has 0 saturated carbocycles. The van der Waals surface area contributed by atoms with Gasteiger partial charge in [0, 0.05) is 6.54 Å². The van der Waals surface area contributed by atoms with Crippen molar-refractivity contribution in [1.29, 1.82) is 0 Å². The van der Waals surface area contributed by atoms with Crippen LogP contribution in [0, 0.1) is 5.92 Å². The molecule has 0 aromatic heterocycles. The number of carboxylic acids is 1. The van der Waals surface area contributed by atoms with Crippen molar-refractivity contribution in [3.63, 3.8) is 0 Å². The topological polar surface area (TPSA) is 69.6 Å². The Hall–Kier alpha value is -1.10. The van der Waals surface area contributed by atoms with E-state index in [9.17, 15) is 9.59 Å². The van der Waals surface area contributed by atoms with Gasteiger partial charge in [0.05, 0.1) is 5.54 Å². The number of amides is 1. The van der Waals surface area contributed by atoms with Crippen molar-refractivity contribution in [2.45, 2.75) is 52.1 Å². The van der Waals surface area contributed by atoms with E-state index in [-0.39, 0.29) is 5.91 Å². The van der Waals surface area contributed by atoms with Gasteiger partial charge in [-0.25, -0.2) is 0 Å². The van der Waals surface area contributed by atoms with Gasteiger partial charge >= 0.3 is 5.97 Å². The minimum absolute atomic E-state index is 0.216. The molecule has 0 aromatic rings. The van der Waals surface area contributed by atoms with Crippen molar-refractivity contribution >= 4 is 11.9 Å². The molecule has 18 heavy (non-hydrogen) atoms. The second-order valence-electron chi connectivity index (χ2n) is 5.79. The Labute approximate surface area is 109 Å². The number of likely N-dealkylation sites (tertiary alicyclic amines) is 1. The molecule has 0 spiro atoms. The molecule has 1 aliphatic rings. The van der Waals surface area contributed by atoms with Gasteiger partial charge in [-0.1, -0.05) is 6.92 Å². The Kier molecular flexibility index (Phi) is 4.73. The number of nitrogens with zero attached hydrogens (tertiary/aromatic N) is 1. The minimum Gasteiger partial charge on any atom is -0.480 e. The normalized spacial score (nSPS) is 23.4. The van der Waals surface area contributed by atoms with E-state index in [0.717, 1.165) is 19.5 Å². The van der Waals surface area contributed by atoms with Crippen LogP contribution >= 0.6 is 0 Å². The maximum absolute atomic E-state index is 12.2. The predicted octanol–water partition coefficient (Wildman–Crippen LogP) is 1.09. The van der Waals surface area contributed by atoms with Crippen LogP contribution in [-0.2, 0) is 9.59 Å². The highest BCUT2D eigenvalue weighted by atomic mass is 16.4. The van der Waals surface area contributed by atoms with Gasteiger partial charge in [-0.2, -0.15) is 0 Å². The Balaban J connectivity index is 2.66. The molecule has 1 aliphatic heterocycles. The second-order valence-corrected chi connectivity index (χ2v) is 5.79. The summed E-state index contributed by atoms with van der Waals surface area (Å²) in [4.78, 5) is 25.1. The summed E-state index contributed by atoms with van der Waals surface area (Å²) < 4.78 is 0. The molecule has 0 aromatic carbocycles. The van der Waals surface area contributed by atoms with Gasteiger partial charge in [-0.3, -0.25) is 14.5 Å². The second kappa shape index (κ2) is 5.69. The first kappa shape index (κ1) is 15.0. The third-order valence-corrected chi connectivity index (χ3v) is 3.72. The van der Waals surface area contributed by atoms with E-state index in [1.165, 1.54) is 13.3 Å². The highest BCUT2D eigenvalue weighted by molar-refractivity contribution is 5.89. The van der Waals surface area contributed by atoms with Crippen LogP contribution in [0.2, 0.25) is 0 Å². The summed E-state index contributed by atoms with van der Waals surface area (Å²) in [6.45, 7) is 9.16. The zero-order valence-corrected chi connectivity index (χ0v) is 11.7. The molecule has 1 saturated heterocycles. The van der Waals surface area contributed by atoms with Crippen molar-refractivity contribution < 1.29 is 14.7 Å². The number of hydrogen-bond donors (Lipinski definition) is 2. The summed E-state index contributed by atoms with van der Waals surface area (Å²) in [6, 6.07) is -0.848. The van der Waals surface area contributed by atoms with Gasteiger partial charge in [-0.05, 0) is 46.1 Å². The van der Waals surface area contributed by atoms with Gasteiger partial charge in [-0.15, -0.1) is 0 Å². The lowest BCUT2D eigenvalue weighted by molar-refractivity contribution is -0.144. The average molecular weight is 256 g/mol. The first-order chi connectivity index (χ1) is 8.25. The van der Waals surface area contributed by atoms with Crippen molar-refractivity contribution in [2.75, 3.05) is 13.1 Å². The summed E-state index contributed by atoms with van der Waals surface area (Å²) in [5.74, 6) is -0.639. The number of carbonyl (C=O) groups is 2. The summed E-state index contributed by atoms with van der Waals surface area (Å²) in [6.07, 6.45) is 2.28. The van der Waals surface area contributed by atoms with E-state index in [1.807, 2.05) is 13.8 Å². The van der Waals surface area contributed by atoms with E-state index in [2.05, 4.69) is 17.1 Å². The largest absolute Gasteiger partial charge is 0.480 e. The van der Waals surface area contributed by atoms with Crippen LogP contribution in [-0.4, -0.2) is 46.6 Å². The van der Waals surface area contributed by atoms with E-state index in [0.29, 0.717) is 5.92 Å². The van der Waals surface area contributed by atoms with Crippen LogP contribution in [0.15, 0.2) is 0 Å². The number of nitrogens with one attached hydrogen (secondary N) is 1. The number of rotatable bonds is 4. The Bertz CT molecular complexity index is 328. The molecular formula is C13H24N2O3.